The molecule has 2 aliphatic carbocycles. The highest BCUT2D eigenvalue weighted by molar-refractivity contribution is 5.80. The van der Waals surface area contributed by atoms with Crippen molar-refractivity contribution in [3.63, 3.8) is 0 Å². The Morgan fingerprint density at radius 1 is 0.667 bits per heavy atom. The molecule has 42 heavy (non-hydrogen) atoms. The first-order valence-corrected chi connectivity index (χ1v) is 16.1. The average Bonchev–Trinajstić information content (AvgIpc) is 3.70. The van der Waals surface area contributed by atoms with Crippen LogP contribution in [0.15, 0.2) is 36.4 Å². The summed E-state index contributed by atoms with van der Waals surface area (Å²) in [5, 5.41) is 0. The molecule has 2 aliphatic heterocycles. The maximum Gasteiger partial charge on any atom is 0.223 e. The number of fused-ring (bicyclic) bond motifs is 2. The van der Waals surface area contributed by atoms with Crippen LogP contribution < -0.4 is 0 Å². The zero-order valence-electron chi connectivity index (χ0n) is 24.3. The molecular formula is C34H40N6O2. The van der Waals surface area contributed by atoms with Crippen molar-refractivity contribution in [2.24, 2.45) is 11.8 Å². The van der Waals surface area contributed by atoms with Crippen LogP contribution >= 0.6 is 0 Å². The number of benzene rings is 2. The minimum absolute atomic E-state index is 0.0748. The van der Waals surface area contributed by atoms with E-state index in [-0.39, 0.29) is 12.1 Å². The van der Waals surface area contributed by atoms with Crippen molar-refractivity contribution >= 4 is 33.9 Å². The lowest BCUT2D eigenvalue weighted by Crippen LogP contribution is -2.31. The lowest BCUT2D eigenvalue weighted by molar-refractivity contribution is -0.133. The van der Waals surface area contributed by atoms with Gasteiger partial charge in [0.15, 0.2) is 0 Å². The molecule has 2 aromatic heterocycles. The SMILES string of the molecule is O=C(CC1CC1)N1CCCC1c1nc2ccc(CCc3ccc4nc([C@@H]5CCCN5C(=O)CC5CC5)[nH]c4c3)cc2[nH]1. The Morgan fingerprint density at radius 3 is 1.55 bits per heavy atom. The van der Waals surface area contributed by atoms with Crippen LogP contribution in [0.4, 0.5) is 0 Å². The summed E-state index contributed by atoms with van der Waals surface area (Å²) in [5.41, 5.74) is 6.58. The summed E-state index contributed by atoms with van der Waals surface area (Å²) in [6, 6.07) is 13.2. The highest BCUT2D eigenvalue weighted by Gasteiger charge is 2.36. The van der Waals surface area contributed by atoms with E-state index in [2.05, 4.69) is 56.2 Å². The number of likely N-dealkylation sites (tertiary alicyclic amines) is 2. The lowest BCUT2D eigenvalue weighted by atomic mass is 10.0. The van der Waals surface area contributed by atoms with Gasteiger partial charge in [-0.25, -0.2) is 9.97 Å². The van der Waals surface area contributed by atoms with Gasteiger partial charge in [-0.2, -0.15) is 0 Å². The fourth-order valence-corrected chi connectivity index (χ4v) is 7.14. The van der Waals surface area contributed by atoms with Crippen LogP contribution in [-0.4, -0.2) is 54.6 Å². The Balaban J connectivity index is 0.941. The van der Waals surface area contributed by atoms with Crippen LogP contribution in [0.3, 0.4) is 0 Å². The van der Waals surface area contributed by atoms with Gasteiger partial charge in [0.25, 0.3) is 0 Å². The molecule has 0 bridgehead atoms. The van der Waals surface area contributed by atoms with Gasteiger partial charge < -0.3 is 19.8 Å². The molecule has 2 amide bonds. The van der Waals surface area contributed by atoms with Crippen LogP contribution in [0.2, 0.25) is 0 Å². The van der Waals surface area contributed by atoms with Gasteiger partial charge in [-0.05, 0) is 111 Å². The Labute approximate surface area is 246 Å². The molecule has 4 heterocycles. The van der Waals surface area contributed by atoms with E-state index < -0.39 is 0 Å². The summed E-state index contributed by atoms with van der Waals surface area (Å²) in [6.45, 7) is 1.69. The van der Waals surface area contributed by atoms with Crippen LogP contribution in [0.5, 0.6) is 0 Å². The van der Waals surface area contributed by atoms with Crippen LogP contribution in [0.25, 0.3) is 22.1 Å². The summed E-state index contributed by atoms with van der Waals surface area (Å²) in [5.74, 6) is 3.67. The number of aryl methyl sites for hydroxylation is 2. The van der Waals surface area contributed by atoms with Crippen molar-refractivity contribution in [1.82, 2.24) is 29.7 Å². The Kier molecular flexibility index (Phi) is 6.53. The number of carbonyl (C=O) groups is 2. The standard InChI is InChI=1S/C34H40N6O2/c41-31(19-23-7-8-23)39-15-1-3-29(39)33-35-25-13-11-21(17-27(25)37-33)5-6-22-12-14-26-28(18-22)38-34(36-26)30-4-2-16-40(30)32(42)20-24-9-10-24/h11-14,17-18,23-24,29-30H,1-10,15-16,19-20H2,(H,35,37)(H,36,38)/t29-,30?/m0/s1. The molecule has 4 fully saturated rings. The average molecular weight is 565 g/mol. The quantitative estimate of drug-likeness (QED) is 0.255. The van der Waals surface area contributed by atoms with E-state index in [0.717, 1.165) is 85.3 Å². The molecule has 8 heteroatoms. The molecule has 2 aromatic carbocycles. The normalized spacial score (nSPS) is 22.6. The molecule has 8 rings (SSSR count). The second-order valence-electron chi connectivity index (χ2n) is 13.2. The lowest BCUT2D eigenvalue weighted by Gasteiger charge is -2.23. The summed E-state index contributed by atoms with van der Waals surface area (Å²) < 4.78 is 0. The van der Waals surface area contributed by atoms with Crippen molar-refractivity contribution in [3.05, 3.63) is 59.2 Å². The van der Waals surface area contributed by atoms with Crippen molar-refractivity contribution < 1.29 is 9.59 Å². The number of H-pyrrole nitrogens is 2. The van der Waals surface area contributed by atoms with Gasteiger partial charge in [-0.3, -0.25) is 9.59 Å². The zero-order chi connectivity index (χ0) is 28.2. The van der Waals surface area contributed by atoms with Gasteiger partial charge in [0.1, 0.15) is 11.6 Å². The van der Waals surface area contributed by atoms with Crippen molar-refractivity contribution in [3.8, 4) is 0 Å². The maximum absolute atomic E-state index is 12.9. The number of hydrogen-bond acceptors (Lipinski definition) is 4. The smallest absolute Gasteiger partial charge is 0.223 e. The molecule has 0 spiro atoms. The summed E-state index contributed by atoms with van der Waals surface area (Å²) in [4.78, 5) is 46.8. The highest BCUT2D eigenvalue weighted by Crippen LogP contribution is 2.38. The van der Waals surface area contributed by atoms with Crippen molar-refractivity contribution in [2.75, 3.05) is 13.1 Å². The second kappa shape index (κ2) is 10.5. The number of aromatic nitrogens is 4. The molecule has 2 saturated carbocycles. The van der Waals surface area contributed by atoms with Crippen molar-refractivity contribution in [1.29, 1.82) is 0 Å². The first-order valence-electron chi connectivity index (χ1n) is 16.1. The van der Waals surface area contributed by atoms with Crippen molar-refractivity contribution in [2.45, 2.75) is 89.1 Å². The third-order valence-corrected chi connectivity index (χ3v) is 9.93. The van der Waals surface area contributed by atoms with E-state index in [1.807, 2.05) is 0 Å². The topological polar surface area (TPSA) is 98.0 Å². The van der Waals surface area contributed by atoms with E-state index >= 15 is 0 Å². The number of aromatic amines is 2. The fraction of sp³-hybridized carbons (Fsp3) is 0.529. The second-order valence-corrected chi connectivity index (χ2v) is 13.2. The van der Waals surface area contributed by atoms with Gasteiger partial charge in [0, 0.05) is 25.9 Å². The molecular weight excluding hydrogens is 524 g/mol. The summed E-state index contributed by atoms with van der Waals surface area (Å²) in [6.07, 6.45) is 12.1. The number of nitrogens with one attached hydrogen (secondary N) is 2. The third kappa shape index (κ3) is 5.20. The fourth-order valence-electron chi connectivity index (χ4n) is 7.14. The number of carbonyl (C=O) groups excluding carboxylic acids is 2. The van der Waals surface area contributed by atoms with Gasteiger partial charge in [0.05, 0.1) is 34.2 Å². The van der Waals surface area contributed by atoms with E-state index in [1.54, 1.807) is 0 Å². The van der Waals surface area contributed by atoms with Crippen LogP contribution in [0.1, 0.15) is 99.1 Å². The molecule has 4 aromatic rings. The summed E-state index contributed by atoms with van der Waals surface area (Å²) >= 11 is 0. The first kappa shape index (κ1) is 26.0. The minimum atomic E-state index is 0.0748. The molecule has 8 nitrogen and oxygen atoms in total. The molecule has 2 N–H and O–H groups in total. The predicted molar refractivity (Wildman–Crippen MR) is 162 cm³/mol. The summed E-state index contributed by atoms with van der Waals surface area (Å²) in [7, 11) is 0. The Bertz CT molecular complexity index is 1520. The Morgan fingerprint density at radius 2 is 1.12 bits per heavy atom. The number of imidazole rings is 2. The van der Waals surface area contributed by atoms with Crippen LogP contribution in [-0.2, 0) is 22.4 Å². The zero-order valence-corrected chi connectivity index (χ0v) is 24.3. The number of rotatable bonds is 9. The van der Waals surface area contributed by atoms with Gasteiger partial charge >= 0.3 is 0 Å². The van der Waals surface area contributed by atoms with E-state index in [9.17, 15) is 9.59 Å². The first-order chi connectivity index (χ1) is 20.6. The number of hydrogen-bond donors (Lipinski definition) is 2. The molecule has 2 saturated heterocycles. The Hall–Kier alpha value is -3.68. The number of amides is 2. The largest absolute Gasteiger partial charge is 0.340 e. The molecule has 4 aliphatic rings. The molecule has 1 unspecified atom stereocenters. The van der Waals surface area contributed by atoms with E-state index in [4.69, 9.17) is 9.97 Å². The molecule has 0 radical (unpaired) electrons. The van der Waals surface area contributed by atoms with Gasteiger partial charge in [-0.15, -0.1) is 0 Å². The maximum atomic E-state index is 12.9. The van der Waals surface area contributed by atoms with E-state index in [0.29, 0.717) is 36.5 Å². The highest BCUT2D eigenvalue weighted by atomic mass is 16.2. The predicted octanol–water partition coefficient (Wildman–Crippen LogP) is 6.15. The van der Waals surface area contributed by atoms with Gasteiger partial charge in [0.2, 0.25) is 11.8 Å². The number of nitrogens with zero attached hydrogens (tertiary/aromatic N) is 4. The van der Waals surface area contributed by atoms with E-state index in [1.165, 1.54) is 36.8 Å². The monoisotopic (exact) mass is 564 g/mol. The third-order valence-electron chi connectivity index (χ3n) is 9.93. The van der Waals surface area contributed by atoms with Crippen LogP contribution in [0, 0.1) is 11.8 Å². The molecule has 2 atom stereocenters. The van der Waals surface area contributed by atoms with Gasteiger partial charge in [-0.1, -0.05) is 12.1 Å². The minimum Gasteiger partial charge on any atom is -0.340 e. The molecule has 218 valence electrons.